The molecule has 3 heterocycles. The van der Waals surface area contributed by atoms with Gasteiger partial charge in [0.1, 0.15) is 23.0 Å². The van der Waals surface area contributed by atoms with Crippen LogP contribution in [-0.4, -0.2) is 58.2 Å². The summed E-state index contributed by atoms with van der Waals surface area (Å²) in [5.41, 5.74) is 3.83. The van der Waals surface area contributed by atoms with Crippen molar-refractivity contribution in [3.63, 3.8) is 0 Å². The van der Waals surface area contributed by atoms with Crippen LogP contribution >= 0.6 is 15.9 Å². The minimum Gasteiger partial charge on any atom is -0.496 e. The fourth-order valence-electron chi connectivity index (χ4n) is 5.88. The molecule has 16 nitrogen and oxygen atoms in total. The van der Waals surface area contributed by atoms with E-state index in [1.165, 1.54) is 58.0 Å². The number of methoxy groups -OCH3 is 4. The molecule has 0 saturated carbocycles. The van der Waals surface area contributed by atoms with Crippen LogP contribution in [0.25, 0.3) is 44.9 Å². The molecule has 60 heavy (non-hydrogen) atoms. The molecule has 0 saturated heterocycles. The first kappa shape index (κ1) is 43.3. The van der Waals surface area contributed by atoms with Gasteiger partial charge < -0.3 is 18.9 Å². The predicted molar refractivity (Wildman–Crippen MR) is 228 cm³/mol. The molecule has 0 bridgehead atoms. The molecule has 0 spiro atoms. The van der Waals surface area contributed by atoms with E-state index in [0.29, 0.717) is 61.1 Å². The number of hydrogen-bond acceptors (Lipinski definition) is 13. The van der Waals surface area contributed by atoms with Gasteiger partial charge in [0.2, 0.25) is 0 Å². The summed E-state index contributed by atoms with van der Waals surface area (Å²) >= 11 is 3.17. The lowest BCUT2D eigenvalue weighted by atomic mass is 10.0. The second kappa shape index (κ2) is 20.6. The third kappa shape index (κ3) is 10.2. The highest BCUT2D eigenvalue weighted by Crippen LogP contribution is 2.39. The van der Waals surface area contributed by atoms with Crippen LogP contribution in [0.1, 0.15) is 0 Å². The van der Waals surface area contributed by atoms with Gasteiger partial charge in [-0.1, -0.05) is 54.6 Å². The molecule has 17 heteroatoms. The van der Waals surface area contributed by atoms with Crippen LogP contribution in [0, 0.1) is 30.3 Å². The summed E-state index contributed by atoms with van der Waals surface area (Å²) in [5.74, 6) is 2.27. The van der Waals surface area contributed by atoms with Crippen molar-refractivity contribution in [3.8, 4) is 67.9 Å². The SMILES string of the molecule is COc1ccccc1-c1cnc(-c2ccccc2OC)c([N+](=O)[O-])c1.COc1ccccc1-c1ncc(Br)cc1[N+](=O)[O-].COc1ccccc1-c1ncccc1[N+](=O)[O-]. The zero-order valence-corrected chi connectivity index (χ0v) is 34.0. The molecule has 3 aromatic heterocycles. The van der Waals surface area contributed by atoms with E-state index in [0.717, 1.165) is 5.56 Å². The Hall–Kier alpha value is -7.79. The minimum absolute atomic E-state index is 0.0306. The van der Waals surface area contributed by atoms with Crippen LogP contribution in [-0.2, 0) is 0 Å². The molecule has 0 atom stereocenters. The molecule has 0 radical (unpaired) electrons. The fourth-order valence-corrected chi connectivity index (χ4v) is 6.20. The Labute approximate surface area is 351 Å². The lowest BCUT2D eigenvalue weighted by Crippen LogP contribution is -1.98. The lowest BCUT2D eigenvalue weighted by Gasteiger charge is -2.11. The summed E-state index contributed by atoms with van der Waals surface area (Å²) in [4.78, 5) is 44.8. The Balaban J connectivity index is 0.000000175. The van der Waals surface area contributed by atoms with Gasteiger partial charge >= 0.3 is 0 Å². The molecular weight excluding hydrogens is 840 g/mol. The summed E-state index contributed by atoms with van der Waals surface area (Å²) < 4.78 is 21.6. The van der Waals surface area contributed by atoms with Crippen molar-refractivity contribution in [3.05, 3.63) is 175 Å². The molecule has 4 aromatic carbocycles. The number of benzene rings is 4. The van der Waals surface area contributed by atoms with Gasteiger partial charge in [0.05, 0.1) is 43.2 Å². The van der Waals surface area contributed by atoms with Crippen molar-refractivity contribution in [2.75, 3.05) is 28.4 Å². The molecular formula is C43H35BrN6O10. The molecule has 0 amide bonds. The van der Waals surface area contributed by atoms with Crippen molar-refractivity contribution in [2.45, 2.75) is 0 Å². The van der Waals surface area contributed by atoms with E-state index in [9.17, 15) is 30.3 Å². The number of pyridine rings is 3. The van der Waals surface area contributed by atoms with Crippen LogP contribution < -0.4 is 18.9 Å². The first-order valence-corrected chi connectivity index (χ1v) is 18.4. The average Bonchev–Trinajstić information content (AvgIpc) is 3.29. The summed E-state index contributed by atoms with van der Waals surface area (Å²) in [6.45, 7) is 0. The summed E-state index contributed by atoms with van der Waals surface area (Å²) in [6, 6.07) is 34.4. The maximum absolute atomic E-state index is 11.6. The number of para-hydroxylation sites is 4. The first-order chi connectivity index (χ1) is 29.0. The van der Waals surface area contributed by atoms with Crippen molar-refractivity contribution in [1.29, 1.82) is 0 Å². The van der Waals surface area contributed by atoms with Gasteiger partial charge in [-0.25, -0.2) is 15.0 Å². The number of nitrogens with zero attached hydrogens (tertiary/aromatic N) is 6. The van der Waals surface area contributed by atoms with E-state index in [1.54, 1.807) is 92.2 Å². The quantitative estimate of drug-likeness (QED) is 0.0877. The number of aromatic nitrogens is 3. The number of hydrogen-bond donors (Lipinski definition) is 0. The van der Waals surface area contributed by atoms with E-state index < -0.39 is 14.8 Å². The maximum atomic E-state index is 11.6. The third-order valence-corrected chi connectivity index (χ3v) is 9.02. The van der Waals surface area contributed by atoms with E-state index in [4.69, 9.17) is 18.9 Å². The van der Waals surface area contributed by atoms with Gasteiger partial charge in [-0.3, -0.25) is 30.3 Å². The average molecular weight is 876 g/mol. The molecule has 0 aliphatic heterocycles. The van der Waals surface area contributed by atoms with Crippen LogP contribution in [0.3, 0.4) is 0 Å². The van der Waals surface area contributed by atoms with Crippen molar-refractivity contribution in [2.24, 2.45) is 0 Å². The van der Waals surface area contributed by atoms with Crippen molar-refractivity contribution >= 4 is 33.0 Å². The predicted octanol–water partition coefficient (Wildman–Crippen LogP) is 10.4. The Morgan fingerprint density at radius 2 is 0.817 bits per heavy atom. The molecule has 7 aromatic rings. The highest BCUT2D eigenvalue weighted by molar-refractivity contribution is 9.10. The smallest absolute Gasteiger partial charge is 0.296 e. The Morgan fingerprint density at radius 1 is 0.450 bits per heavy atom. The van der Waals surface area contributed by atoms with Crippen LogP contribution in [0.15, 0.2) is 144 Å². The van der Waals surface area contributed by atoms with Gasteiger partial charge in [0.15, 0.2) is 17.1 Å². The second-order valence-corrected chi connectivity index (χ2v) is 13.0. The van der Waals surface area contributed by atoms with E-state index in [2.05, 4.69) is 30.9 Å². The molecule has 0 aliphatic rings. The third-order valence-electron chi connectivity index (χ3n) is 8.58. The number of rotatable bonds is 11. The first-order valence-electron chi connectivity index (χ1n) is 17.6. The molecule has 0 N–H and O–H groups in total. The van der Waals surface area contributed by atoms with Crippen LogP contribution in [0.5, 0.6) is 23.0 Å². The van der Waals surface area contributed by atoms with Gasteiger partial charge in [-0.2, -0.15) is 0 Å². The van der Waals surface area contributed by atoms with Crippen molar-refractivity contribution in [1.82, 2.24) is 15.0 Å². The molecule has 0 unspecified atom stereocenters. The van der Waals surface area contributed by atoms with Gasteiger partial charge in [0.25, 0.3) is 17.1 Å². The largest absolute Gasteiger partial charge is 0.496 e. The number of halogens is 1. The van der Waals surface area contributed by atoms with Crippen LogP contribution in [0.4, 0.5) is 17.1 Å². The van der Waals surface area contributed by atoms with Gasteiger partial charge in [-0.05, 0) is 64.5 Å². The minimum atomic E-state index is -0.459. The summed E-state index contributed by atoms with van der Waals surface area (Å²) in [5, 5.41) is 33.6. The second-order valence-electron chi connectivity index (χ2n) is 12.1. The molecule has 304 valence electrons. The van der Waals surface area contributed by atoms with Gasteiger partial charge in [-0.15, -0.1) is 0 Å². The Morgan fingerprint density at radius 3 is 1.25 bits per heavy atom. The van der Waals surface area contributed by atoms with E-state index >= 15 is 0 Å². The fraction of sp³-hybridized carbons (Fsp3) is 0.0930. The Bertz CT molecular complexity index is 2650. The maximum Gasteiger partial charge on any atom is 0.296 e. The van der Waals surface area contributed by atoms with Crippen LogP contribution in [0.2, 0.25) is 0 Å². The number of ether oxygens (including phenoxy) is 4. The molecule has 0 fully saturated rings. The van der Waals surface area contributed by atoms with E-state index in [1.807, 2.05) is 18.2 Å². The number of nitro groups is 3. The highest BCUT2D eigenvalue weighted by atomic mass is 79.9. The monoisotopic (exact) mass is 874 g/mol. The Kier molecular flexibility index (Phi) is 14.9. The standard InChI is InChI=1S/C19H16N2O4.C12H9BrN2O3.C12H10N2O3/c1-24-17-9-5-3-7-14(17)13-11-16(21(22)23)19(20-12-13)15-8-4-6-10-18(15)25-2;1-18-11-5-3-2-4-9(11)12-10(15(16)17)6-8(13)7-14-12;1-17-11-7-3-2-5-9(11)12-10(14(15)16)6-4-8-13-12/h3-12H,1-2H3;2-7H,1H3;2-8H,1H3. The molecule has 0 aliphatic carbocycles. The zero-order valence-electron chi connectivity index (χ0n) is 32.4. The zero-order chi connectivity index (χ0) is 43.2. The molecule has 7 rings (SSSR count). The topological polar surface area (TPSA) is 205 Å². The summed E-state index contributed by atoms with van der Waals surface area (Å²) in [6.07, 6.45) is 4.65. The van der Waals surface area contributed by atoms with Crippen molar-refractivity contribution < 1.29 is 33.7 Å². The van der Waals surface area contributed by atoms with Gasteiger partial charge in [0, 0.05) is 69.1 Å². The van der Waals surface area contributed by atoms with E-state index in [-0.39, 0.29) is 22.8 Å². The lowest BCUT2D eigenvalue weighted by molar-refractivity contribution is -0.384. The normalized spacial score (nSPS) is 10.2. The summed E-state index contributed by atoms with van der Waals surface area (Å²) in [7, 11) is 6.12. The highest BCUT2D eigenvalue weighted by Gasteiger charge is 2.23.